The molecule has 7 nitrogen and oxygen atoms in total. The van der Waals surface area contributed by atoms with Crippen molar-refractivity contribution in [3.05, 3.63) is 95.8 Å². The second-order valence-electron chi connectivity index (χ2n) is 9.80. The van der Waals surface area contributed by atoms with Crippen LogP contribution in [-0.4, -0.2) is 72.1 Å². The molecule has 1 fully saturated rings. The van der Waals surface area contributed by atoms with Gasteiger partial charge in [-0.2, -0.15) is 0 Å². The Labute approximate surface area is 230 Å². The van der Waals surface area contributed by atoms with Gasteiger partial charge in [-0.25, -0.2) is 4.98 Å². The Hall–Kier alpha value is -3.94. The number of aromatic nitrogens is 2. The van der Waals surface area contributed by atoms with Crippen molar-refractivity contribution in [3.63, 3.8) is 0 Å². The fourth-order valence-electron chi connectivity index (χ4n) is 5.10. The van der Waals surface area contributed by atoms with Crippen LogP contribution in [0.1, 0.15) is 28.2 Å². The summed E-state index contributed by atoms with van der Waals surface area (Å²) in [5, 5.41) is 0. The highest BCUT2D eigenvalue weighted by molar-refractivity contribution is 5.99. The van der Waals surface area contributed by atoms with Crippen LogP contribution in [0.4, 0.5) is 0 Å². The Bertz CT molecular complexity index is 1420. The molecular formula is C32H36N4O3. The van der Waals surface area contributed by atoms with Gasteiger partial charge in [-0.15, -0.1) is 0 Å². The molecule has 0 bridgehead atoms. The highest BCUT2D eigenvalue weighted by atomic mass is 16.5. The SMILES string of the molecule is COc1ccc(C(=O)CCn2c(CN3CCN(CC=Cc4ccccc4)CC3)nc3ccccc32)c(OC)c1. The zero-order valence-electron chi connectivity index (χ0n) is 22.8. The van der Waals surface area contributed by atoms with Gasteiger partial charge in [0.2, 0.25) is 0 Å². The predicted molar refractivity (Wildman–Crippen MR) is 155 cm³/mol. The minimum absolute atomic E-state index is 0.0374. The fraction of sp³-hybridized carbons (Fsp3) is 0.312. The smallest absolute Gasteiger partial charge is 0.168 e. The molecule has 1 saturated heterocycles. The lowest BCUT2D eigenvalue weighted by atomic mass is 10.1. The van der Waals surface area contributed by atoms with Gasteiger partial charge in [0.15, 0.2) is 5.78 Å². The molecule has 4 aromatic rings. The molecule has 3 aromatic carbocycles. The summed E-state index contributed by atoms with van der Waals surface area (Å²) in [6, 6.07) is 23.9. The van der Waals surface area contributed by atoms with Crippen molar-refractivity contribution >= 4 is 22.9 Å². The molecule has 7 heteroatoms. The van der Waals surface area contributed by atoms with E-state index in [1.54, 1.807) is 32.4 Å². The molecule has 1 aliphatic heterocycles. The number of para-hydroxylation sites is 2. The van der Waals surface area contributed by atoms with E-state index in [2.05, 4.69) is 56.9 Å². The average Bonchev–Trinajstić information content (AvgIpc) is 3.33. The number of carbonyl (C=O) groups is 1. The third-order valence-electron chi connectivity index (χ3n) is 7.31. The van der Waals surface area contributed by atoms with Gasteiger partial charge in [0.05, 0.1) is 37.4 Å². The number of benzene rings is 3. The lowest BCUT2D eigenvalue weighted by Gasteiger charge is -2.34. The van der Waals surface area contributed by atoms with Gasteiger partial charge in [0, 0.05) is 51.8 Å². The van der Waals surface area contributed by atoms with Gasteiger partial charge < -0.3 is 14.0 Å². The summed E-state index contributed by atoms with van der Waals surface area (Å²) in [6.07, 6.45) is 4.80. The van der Waals surface area contributed by atoms with Crippen LogP contribution in [-0.2, 0) is 13.1 Å². The number of ketones is 1. The molecule has 2 heterocycles. The van der Waals surface area contributed by atoms with Crippen LogP contribution in [0, 0.1) is 0 Å². The van der Waals surface area contributed by atoms with Gasteiger partial charge in [0.1, 0.15) is 17.3 Å². The molecule has 1 aromatic heterocycles. The number of hydrogen-bond acceptors (Lipinski definition) is 6. The number of Topliss-reactive ketones (excluding diaryl/α,β-unsaturated/α-hetero) is 1. The van der Waals surface area contributed by atoms with Crippen molar-refractivity contribution in [1.82, 2.24) is 19.4 Å². The first kappa shape index (κ1) is 26.7. The molecule has 1 aliphatic rings. The Morgan fingerprint density at radius 2 is 1.64 bits per heavy atom. The number of ether oxygens (including phenoxy) is 2. The first-order chi connectivity index (χ1) is 19.1. The second-order valence-corrected chi connectivity index (χ2v) is 9.80. The van der Waals surface area contributed by atoms with Crippen molar-refractivity contribution in [2.24, 2.45) is 0 Å². The van der Waals surface area contributed by atoms with Crippen molar-refractivity contribution in [1.29, 1.82) is 0 Å². The van der Waals surface area contributed by atoms with Crippen LogP contribution in [0.25, 0.3) is 17.1 Å². The standard InChI is InChI=1S/C32H36N4O3/c1-38-26-14-15-27(31(23-26)39-2)30(37)16-18-36-29-13-7-6-12-28(29)33-32(36)24-35-21-19-34(20-22-35)17-8-11-25-9-4-3-5-10-25/h3-15,23H,16-22,24H2,1-2H3. The van der Waals surface area contributed by atoms with Crippen LogP contribution in [0.2, 0.25) is 0 Å². The largest absolute Gasteiger partial charge is 0.497 e. The molecule has 39 heavy (non-hydrogen) atoms. The quantitative estimate of drug-likeness (QED) is 0.253. The number of piperazine rings is 1. The van der Waals surface area contributed by atoms with E-state index in [1.807, 2.05) is 24.3 Å². The van der Waals surface area contributed by atoms with Gasteiger partial charge in [-0.3, -0.25) is 14.6 Å². The molecule has 0 atom stereocenters. The normalized spacial score (nSPS) is 14.7. The maximum absolute atomic E-state index is 13.2. The summed E-state index contributed by atoms with van der Waals surface area (Å²) in [6.45, 7) is 6.31. The minimum Gasteiger partial charge on any atom is -0.497 e. The number of rotatable bonds is 11. The average molecular weight is 525 g/mol. The van der Waals surface area contributed by atoms with Crippen LogP contribution >= 0.6 is 0 Å². The minimum atomic E-state index is 0.0374. The van der Waals surface area contributed by atoms with E-state index in [1.165, 1.54) is 5.56 Å². The van der Waals surface area contributed by atoms with Crippen molar-refractivity contribution < 1.29 is 14.3 Å². The summed E-state index contributed by atoms with van der Waals surface area (Å²) in [5.41, 5.74) is 3.83. The zero-order valence-corrected chi connectivity index (χ0v) is 22.8. The first-order valence-electron chi connectivity index (χ1n) is 13.5. The van der Waals surface area contributed by atoms with Crippen LogP contribution in [0.5, 0.6) is 11.5 Å². The van der Waals surface area contributed by atoms with E-state index in [0.29, 0.717) is 30.0 Å². The molecule has 5 rings (SSSR count). The lowest BCUT2D eigenvalue weighted by Crippen LogP contribution is -2.46. The van der Waals surface area contributed by atoms with E-state index in [-0.39, 0.29) is 5.78 Å². The number of carbonyl (C=O) groups excluding carboxylic acids is 1. The Balaban J connectivity index is 1.22. The van der Waals surface area contributed by atoms with Gasteiger partial charge in [0.25, 0.3) is 0 Å². The molecular weight excluding hydrogens is 488 g/mol. The molecule has 0 unspecified atom stereocenters. The molecule has 0 saturated carbocycles. The van der Waals surface area contributed by atoms with Crippen molar-refractivity contribution in [2.75, 3.05) is 46.9 Å². The third-order valence-corrected chi connectivity index (χ3v) is 7.31. The third kappa shape index (κ3) is 6.56. The Morgan fingerprint density at radius 1 is 0.897 bits per heavy atom. The lowest BCUT2D eigenvalue weighted by molar-refractivity contribution is 0.0973. The van der Waals surface area contributed by atoms with E-state index in [0.717, 1.165) is 56.1 Å². The topological polar surface area (TPSA) is 59.8 Å². The molecule has 0 N–H and O–H groups in total. The van der Waals surface area contributed by atoms with Crippen molar-refractivity contribution in [3.8, 4) is 11.5 Å². The van der Waals surface area contributed by atoms with E-state index in [9.17, 15) is 4.79 Å². The Morgan fingerprint density at radius 3 is 2.41 bits per heavy atom. The number of hydrogen-bond donors (Lipinski definition) is 0. The van der Waals surface area contributed by atoms with E-state index in [4.69, 9.17) is 14.5 Å². The van der Waals surface area contributed by atoms with Crippen LogP contribution in [0.15, 0.2) is 78.9 Å². The van der Waals surface area contributed by atoms with Crippen LogP contribution in [0.3, 0.4) is 0 Å². The van der Waals surface area contributed by atoms with Crippen molar-refractivity contribution in [2.45, 2.75) is 19.5 Å². The highest BCUT2D eigenvalue weighted by Crippen LogP contribution is 2.26. The second kappa shape index (κ2) is 12.7. The van der Waals surface area contributed by atoms with Crippen LogP contribution < -0.4 is 9.47 Å². The fourth-order valence-corrected chi connectivity index (χ4v) is 5.10. The van der Waals surface area contributed by atoms with E-state index < -0.39 is 0 Å². The summed E-state index contributed by atoms with van der Waals surface area (Å²) >= 11 is 0. The molecule has 0 radical (unpaired) electrons. The molecule has 0 aliphatic carbocycles. The summed E-state index contributed by atoms with van der Waals surface area (Å²) in [5.74, 6) is 2.24. The highest BCUT2D eigenvalue weighted by Gasteiger charge is 2.20. The molecule has 0 spiro atoms. The summed E-state index contributed by atoms with van der Waals surface area (Å²) in [4.78, 5) is 23.1. The molecule has 202 valence electrons. The number of fused-ring (bicyclic) bond motifs is 1. The molecule has 0 amide bonds. The number of methoxy groups -OCH3 is 2. The maximum atomic E-state index is 13.2. The van der Waals surface area contributed by atoms with Gasteiger partial charge in [-0.05, 0) is 29.8 Å². The Kier molecular flexibility index (Phi) is 8.71. The van der Waals surface area contributed by atoms with E-state index >= 15 is 0 Å². The summed E-state index contributed by atoms with van der Waals surface area (Å²) in [7, 11) is 3.18. The van der Waals surface area contributed by atoms with Gasteiger partial charge >= 0.3 is 0 Å². The number of aryl methyl sites for hydroxylation is 1. The van der Waals surface area contributed by atoms with Gasteiger partial charge in [-0.1, -0.05) is 54.6 Å². The first-order valence-corrected chi connectivity index (χ1v) is 13.5. The zero-order chi connectivity index (χ0) is 27.0. The maximum Gasteiger partial charge on any atom is 0.168 e. The number of imidazole rings is 1. The summed E-state index contributed by atoms with van der Waals surface area (Å²) < 4.78 is 12.9. The monoisotopic (exact) mass is 524 g/mol. The predicted octanol–water partition coefficient (Wildman–Crippen LogP) is 5.16. The number of nitrogens with zero attached hydrogens (tertiary/aromatic N) is 4.